The molecule has 2 aromatic carbocycles. The lowest BCUT2D eigenvalue weighted by Crippen LogP contribution is -2.07. The van der Waals surface area contributed by atoms with Crippen molar-refractivity contribution in [2.75, 3.05) is 19.0 Å². The van der Waals surface area contributed by atoms with Gasteiger partial charge in [0.05, 0.1) is 4.91 Å². The first-order chi connectivity index (χ1) is 9.65. The number of hydrogen-bond donors (Lipinski definition) is 0. The molecule has 2 aromatic rings. The molecule has 20 heavy (non-hydrogen) atoms. The third kappa shape index (κ3) is 2.37. The predicted molar refractivity (Wildman–Crippen MR) is 85.4 cm³/mol. The van der Waals surface area contributed by atoms with Crippen LogP contribution in [0, 0.1) is 0 Å². The van der Waals surface area contributed by atoms with E-state index in [1.807, 2.05) is 56.6 Å². The smallest absolute Gasteiger partial charge is 0.200 e. The van der Waals surface area contributed by atoms with Crippen LogP contribution in [-0.4, -0.2) is 19.9 Å². The van der Waals surface area contributed by atoms with Gasteiger partial charge >= 0.3 is 0 Å². The van der Waals surface area contributed by atoms with Crippen molar-refractivity contribution in [1.29, 1.82) is 0 Å². The molecule has 0 aromatic heterocycles. The van der Waals surface area contributed by atoms with Crippen LogP contribution >= 0.6 is 11.8 Å². The summed E-state index contributed by atoms with van der Waals surface area (Å²) in [5.41, 5.74) is 3.02. The molecule has 0 N–H and O–H groups in total. The molecular weight excluding hydrogens is 266 g/mol. The van der Waals surface area contributed by atoms with Crippen LogP contribution in [0.5, 0.6) is 0 Å². The van der Waals surface area contributed by atoms with Gasteiger partial charge < -0.3 is 4.90 Å². The second-order valence-electron chi connectivity index (χ2n) is 4.92. The second kappa shape index (κ2) is 5.17. The summed E-state index contributed by atoms with van der Waals surface area (Å²) in [7, 11) is 4.03. The fourth-order valence-corrected chi connectivity index (χ4v) is 3.21. The van der Waals surface area contributed by atoms with Crippen LogP contribution in [0.2, 0.25) is 0 Å². The van der Waals surface area contributed by atoms with E-state index in [1.54, 1.807) is 11.8 Å². The van der Waals surface area contributed by atoms with E-state index in [0.717, 1.165) is 26.6 Å². The van der Waals surface area contributed by atoms with Gasteiger partial charge in [0.15, 0.2) is 0 Å². The molecule has 3 heteroatoms. The maximum atomic E-state index is 12.3. The van der Waals surface area contributed by atoms with Crippen molar-refractivity contribution in [2.24, 2.45) is 0 Å². The first-order valence-electron chi connectivity index (χ1n) is 6.46. The number of hydrogen-bond acceptors (Lipinski definition) is 3. The van der Waals surface area contributed by atoms with Gasteiger partial charge in [0, 0.05) is 30.2 Å². The van der Waals surface area contributed by atoms with Crippen molar-refractivity contribution >= 4 is 29.3 Å². The molecule has 0 unspecified atom stereocenters. The topological polar surface area (TPSA) is 20.3 Å². The van der Waals surface area contributed by atoms with Crippen LogP contribution in [-0.2, 0) is 0 Å². The number of thioether (sulfide) groups is 1. The van der Waals surface area contributed by atoms with Crippen LogP contribution in [0.15, 0.2) is 58.3 Å². The quantitative estimate of drug-likeness (QED) is 0.774. The average Bonchev–Trinajstić information content (AvgIpc) is 2.77. The third-order valence-corrected chi connectivity index (χ3v) is 4.38. The van der Waals surface area contributed by atoms with Gasteiger partial charge in [-0.3, -0.25) is 4.79 Å². The first-order valence-corrected chi connectivity index (χ1v) is 7.27. The molecule has 3 rings (SSSR count). The van der Waals surface area contributed by atoms with E-state index in [2.05, 4.69) is 17.0 Å². The molecule has 1 aliphatic heterocycles. The third-order valence-electron chi connectivity index (χ3n) is 3.28. The minimum Gasteiger partial charge on any atom is -0.378 e. The van der Waals surface area contributed by atoms with E-state index in [0.29, 0.717) is 0 Å². The standard InChI is InChI=1S/C17H15NOS/c1-18(2)13-9-7-12(8-10-13)11-16-17(19)14-5-3-4-6-15(14)20-16/h3-11H,1-2H3. The van der Waals surface area contributed by atoms with Crippen LogP contribution in [0.4, 0.5) is 5.69 Å². The molecule has 0 spiro atoms. The van der Waals surface area contributed by atoms with Gasteiger partial charge in [-0.25, -0.2) is 0 Å². The van der Waals surface area contributed by atoms with Gasteiger partial charge in [0.1, 0.15) is 0 Å². The van der Waals surface area contributed by atoms with Crippen molar-refractivity contribution in [3.05, 3.63) is 64.6 Å². The highest BCUT2D eigenvalue weighted by Gasteiger charge is 2.24. The number of nitrogens with zero attached hydrogens (tertiary/aromatic N) is 1. The van der Waals surface area contributed by atoms with Gasteiger partial charge in [-0.2, -0.15) is 0 Å². The Bertz CT molecular complexity index is 686. The van der Waals surface area contributed by atoms with Gasteiger partial charge in [-0.1, -0.05) is 36.0 Å². The molecule has 0 amide bonds. The molecule has 1 aliphatic rings. The molecular formula is C17H15NOS. The van der Waals surface area contributed by atoms with Gasteiger partial charge in [-0.15, -0.1) is 0 Å². The van der Waals surface area contributed by atoms with E-state index < -0.39 is 0 Å². The summed E-state index contributed by atoms with van der Waals surface area (Å²) in [5.74, 6) is 0.127. The molecule has 100 valence electrons. The van der Waals surface area contributed by atoms with E-state index >= 15 is 0 Å². The zero-order valence-corrected chi connectivity index (χ0v) is 12.3. The Hall–Kier alpha value is -2.00. The number of rotatable bonds is 2. The summed E-state index contributed by atoms with van der Waals surface area (Å²) < 4.78 is 0. The molecule has 0 atom stereocenters. The molecule has 0 saturated heterocycles. The number of carbonyl (C=O) groups is 1. The summed E-state index contributed by atoms with van der Waals surface area (Å²) in [6, 6.07) is 16.0. The Kier molecular flexibility index (Phi) is 3.36. The molecule has 0 bridgehead atoms. The lowest BCUT2D eigenvalue weighted by atomic mass is 10.1. The van der Waals surface area contributed by atoms with Crippen LogP contribution in [0.3, 0.4) is 0 Å². The number of carbonyl (C=O) groups excluding carboxylic acids is 1. The normalized spacial score (nSPS) is 15.5. The Morgan fingerprint density at radius 2 is 1.70 bits per heavy atom. The number of anilines is 1. The van der Waals surface area contributed by atoms with Crippen molar-refractivity contribution in [2.45, 2.75) is 4.90 Å². The first kappa shape index (κ1) is 13.0. The number of ketones is 1. The monoisotopic (exact) mass is 281 g/mol. The van der Waals surface area contributed by atoms with E-state index in [1.165, 1.54) is 0 Å². The van der Waals surface area contributed by atoms with Crippen LogP contribution in [0.25, 0.3) is 6.08 Å². The summed E-state index contributed by atoms with van der Waals surface area (Å²) in [6.45, 7) is 0. The molecule has 0 aliphatic carbocycles. The molecule has 2 nitrogen and oxygen atoms in total. The number of benzene rings is 2. The van der Waals surface area contributed by atoms with E-state index in [4.69, 9.17) is 0 Å². The van der Waals surface area contributed by atoms with Gasteiger partial charge in [-0.05, 0) is 35.9 Å². The highest BCUT2D eigenvalue weighted by molar-refractivity contribution is 8.04. The van der Waals surface area contributed by atoms with E-state index in [-0.39, 0.29) is 5.78 Å². The fourth-order valence-electron chi connectivity index (χ4n) is 2.16. The summed E-state index contributed by atoms with van der Waals surface area (Å²) in [6.07, 6.45) is 1.96. The summed E-state index contributed by atoms with van der Waals surface area (Å²) in [5, 5.41) is 0. The Labute approximate surface area is 123 Å². The Morgan fingerprint density at radius 1 is 1.00 bits per heavy atom. The average molecular weight is 281 g/mol. The van der Waals surface area contributed by atoms with Crippen LogP contribution < -0.4 is 4.90 Å². The Morgan fingerprint density at radius 3 is 2.35 bits per heavy atom. The Balaban J connectivity index is 1.89. The number of allylic oxidation sites excluding steroid dienone is 1. The second-order valence-corrected chi connectivity index (χ2v) is 6.01. The van der Waals surface area contributed by atoms with Crippen LogP contribution in [0.1, 0.15) is 15.9 Å². The summed E-state index contributed by atoms with van der Waals surface area (Å²) >= 11 is 1.55. The van der Waals surface area contributed by atoms with Crippen molar-refractivity contribution in [1.82, 2.24) is 0 Å². The van der Waals surface area contributed by atoms with Crippen molar-refractivity contribution < 1.29 is 4.79 Å². The molecule has 0 saturated carbocycles. The van der Waals surface area contributed by atoms with Gasteiger partial charge in [0.2, 0.25) is 5.78 Å². The minimum atomic E-state index is 0.127. The van der Waals surface area contributed by atoms with Gasteiger partial charge in [0.25, 0.3) is 0 Å². The SMILES string of the molecule is CN(C)c1ccc(C=C2Sc3ccccc3C2=O)cc1. The zero-order chi connectivity index (χ0) is 14.1. The zero-order valence-electron chi connectivity index (χ0n) is 11.5. The predicted octanol–water partition coefficient (Wildman–Crippen LogP) is 4.08. The lowest BCUT2D eigenvalue weighted by molar-refractivity contribution is 0.104. The number of fused-ring (bicyclic) bond motifs is 1. The number of Topliss-reactive ketones (excluding diaryl/α,β-unsaturated/α-hetero) is 1. The molecule has 0 fully saturated rings. The maximum Gasteiger partial charge on any atom is 0.200 e. The molecule has 0 radical (unpaired) electrons. The lowest BCUT2D eigenvalue weighted by Gasteiger charge is -2.11. The summed E-state index contributed by atoms with van der Waals surface area (Å²) in [4.78, 5) is 16.2. The van der Waals surface area contributed by atoms with Crippen molar-refractivity contribution in [3.63, 3.8) is 0 Å². The van der Waals surface area contributed by atoms with Crippen molar-refractivity contribution in [3.8, 4) is 0 Å². The maximum absolute atomic E-state index is 12.3. The molecule has 1 heterocycles. The highest BCUT2D eigenvalue weighted by Crippen LogP contribution is 2.40. The minimum absolute atomic E-state index is 0.127. The highest BCUT2D eigenvalue weighted by atomic mass is 32.2. The largest absolute Gasteiger partial charge is 0.378 e. The fraction of sp³-hybridized carbons (Fsp3) is 0.118. The van der Waals surface area contributed by atoms with E-state index in [9.17, 15) is 4.79 Å².